The van der Waals surface area contributed by atoms with E-state index in [1.165, 1.54) is 0 Å². The van der Waals surface area contributed by atoms with Crippen molar-refractivity contribution in [3.8, 4) is 0 Å². The quantitative estimate of drug-likeness (QED) is 0.824. The molecule has 0 unspecified atom stereocenters. The molecular formula is C15H22N2O. The first-order valence-corrected chi connectivity index (χ1v) is 6.59. The molecule has 1 heterocycles. The minimum atomic E-state index is -0.00398. The van der Waals surface area contributed by atoms with Crippen molar-refractivity contribution in [2.45, 2.75) is 32.7 Å². The van der Waals surface area contributed by atoms with Crippen LogP contribution in [0.1, 0.15) is 36.2 Å². The Bertz CT molecular complexity index is 440. The van der Waals surface area contributed by atoms with Gasteiger partial charge in [-0.3, -0.25) is 4.79 Å². The van der Waals surface area contributed by atoms with E-state index in [9.17, 15) is 4.79 Å². The fourth-order valence-corrected chi connectivity index (χ4v) is 2.44. The van der Waals surface area contributed by atoms with E-state index in [0.717, 1.165) is 37.2 Å². The number of hydrogen-bond acceptors (Lipinski definition) is 2. The first kappa shape index (κ1) is 13.1. The van der Waals surface area contributed by atoms with Gasteiger partial charge in [0.2, 0.25) is 0 Å². The highest BCUT2D eigenvalue weighted by Crippen LogP contribution is 2.14. The molecule has 1 aromatic carbocycles. The van der Waals surface area contributed by atoms with Crippen LogP contribution in [0.25, 0.3) is 0 Å². The molecule has 0 atom stereocenters. The van der Waals surface area contributed by atoms with Gasteiger partial charge in [0, 0.05) is 24.2 Å². The highest BCUT2D eigenvalue weighted by atomic mass is 16.2. The Balaban J connectivity index is 2.17. The van der Waals surface area contributed by atoms with E-state index in [-0.39, 0.29) is 11.4 Å². The number of hydrogen-bond donors (Lipinski definition) is 1. The summed E-state index contributed by atoms with van der Waals surface area (Å²) in [7, 11) is 0. The average Bonchev–Trinajstić information content (AvgIpc) is 2.49. The van der Waals surface area contributed by atoms with Gasteiger partial charge in [0.05, 0.1) is 0 Å². The van der Waals surface area contributed by atoms with Gasteiger partial charge in [-0.05, 0) is 45.9 Å². The van der Waals surface area contributed by atoms with Gasteiger partial charge in [0.1, 0.15) is 0 Å². The number of rotatable bonds is 1. The molecule has 0 aliphatic carbocycles. The summed E-state index contributed by atoms with van der Waals surface area (Å²) < 4.78 is 0. The summed E-state index contributed by atoms with van der Waals surface area (Å²) >= 11 is 0. The van der Waals surface area contributed by atoms with Crippen molar-refractivity contribution in [3.05, 3.63) is 35.4 Å². The van der Waals surface area contributed by atoms with Gasteiger partial charge < -0.3 is 10.2 Å². The molecule has 1 fully saturated rings. The third-order valence-electron chi connectivity index (χ3n) is 3.35. The number of amides is 1. The van der Waals surface area contributed by atoms with Crippen LogP contribution in [0.3, 0.4) is 0 Å². The maximum absolute atomic E-state index is 12.5. The van der Waals surface area contributed by atoms with Crippen LogP contribution in [0.4, 0.5) is 0 Å². The zero-order valence-electron chi connectivity index (χ0n) is 11.5. The number of carbonyl (C=O) groups excluding carboxylic acids is 1. The minimum absolute atomic E-state index is 0.00398. The number of benzene rings is 1. The van der Waals surface area contributed by atoms with Gasteiger partial charge in [0.15, 0.2) is 0 Å². The van der Waals surface area contributed by atoms with Crippen molar-refractivity contribution in [2.24, 2.45) is 0 Å². The number of nitrogens with zero attached hydrogens (tertiary/aromatic N) is 1. The van der Waals surface area contributed by atoms with Crippen molar-refractivity contribution in [1.82, 2.24) is 10.2 Å². The fourth-order valence-electron chi connectivity index (χ4n) is 2.44. The van der Waals surface area contributed by atoms with E-state index in [0.29, 0.717) is 0 Å². The Hall–Kier alpha value is -1.35. The van der Waals surface area contributed by atoms with Gasteiger partial charge in [-0.2, -0.15) is 0 Å². The maximum atomic E-state index is 12.5. The Morgan fingerprint density at radius 2 is 2.17 bits per heavy atom. The largest absolute Gasteiger partial charge is 0.337 e. The van der Waals surface area contributed by atoms with Crippen LogP contribution in [0.2, 0.25) is 0 Å². The predicted octanol–water partition coefficient (Wildman–Crippen LogP) is 2.21. The third-order valence-corrected chi connectivity index (χ3v) is 3.35. The summed E-state index contributed by atoms with van der Waals surface area (Å²) in [5.41, 5.74) is 1.93. The molecule has 1 aliphatic rings. The zero-order chi connectivity index (χ0) is 13.2. The zero-order valence-corrected chi connectivity index (χ0v) is 11.5. The normalized spacial score (nSPS) is 19.4. The van der Waals surface area contributed by atoms with E-state index < -0.39 is 0 Å². The van der Waals surface area contributed by atoms with E-state index in [1.807, 2.05) is 36.1 Å². The number of nitrogens with one attached hydrogen (secondary N) is 1. The summed E-state index contributed by atoms with van der Waals surface area (Å²) in [6.45, 7) is 8.89. The highest BCUT2D eigenvalue weighted by molar-refractivity contribution is 5.94. The fraction of sp³-hybridized carbons (Fsp3) is 0.533. The molecular weight excluding hydrogens is 224 g/mol. The van der Waals surface area contributed by atoms with Crippen LogP contribution in [0, 0.1) is 6.92 Å². The van der Waals surface area contributed by atoms with Crippen LogP contribution in [-0.4, -0.2) is 36.0 Å². The lowest BCUT2D eigenvalue weighted by atomic mass is 10.0. The van der Waals surface area contributed by atoms with Gasteiger partial charge in [-0.15, -0.1) is 0 Å². The average molecular weight is 246 g/mol. The first-order chi connectivity index (χ1) is 8.48. The second-order valence-electron chi connectivity index (χ2n) is 5.76. The predicted molar refractivity (Wildman–Crippen MR) is 73.8 cm³/mol. The van der Waals surface area contributed by atoms with Crippen molar-refractivity contribution >= 4 is 5.91 Å². The molecule has 0 aromatic heterocycles. The van der Waals surface area contributed by atoms with E-state index in [4.69, 9.17) is 0 Å². The Labute approximate surface area is 109 Å². The first-order valence-electron chi connectivity index (χ1n) is 6.59. The number of carbonyl (C=O) groups is 1. The monoisotopic (exact) mass is 246 g/mol. The molecule has 0 spiro atoms. The third kappa shape index (κ3) is 3.10. The molecule has 0 saturated carbocycles. The van der Waals surface area contributed by atoms with Crippen molar-refractivity contribution in [2.75, 3.05) is 19.6 Å². The lowest BCUT2D eigenvalue weighted by Gasteiger charge is -2.30. The minimum Gasteiger partial charge on any atom is -0.337 e. The molecule has 1 saturated heterocycles. The van der Waals surface area contributed by atoms with E-state index in [1.54, 1.807) is 0 Å². The molecule has 98 valence electrons. The summed E-state index contributed by atoms with van der Waals surface area (Å²) in [4.78, 5) is 14.5. The van der Waals surface area contributed by atoms with Crippen LogP contribution in [0.15, 0.2) is 24.3 Å². The molecule has 3 nitrogen and oxygen atoms in total. The second-order valence-corrected chi connectivity index (χ2v) is 5.76. The van der Waals surface area contributed by atoms with Crippen LogP contribution >= 0.6 is 0 Å². The standard InChI is InChI=1S/C15H22N2O/c1-12-6-4-7-13(10-12)14(18)17-9-5-8-16-15(2,3)11-17/h4,6-7,10,16H,5,8-9,11H2,1-3H3. The van der Waals surface area contributed by atoms with Gasteiger partial charge in [-0.25, -0.2) is 0 Å². The topological polar surface area (TPSA) is 32.3 Å². The molecule has 1 amide bonds. The molecule has 1 aliphatic heterocycles. The summed E-state index contributed by atoms with van der Waals surface area (Å²) in [5, 5.41) is 3.47. The molecule has 18 heavy (non-hydrogen) atoms. The van der Waals surface area contributed by atoms with E-state index >= 15 is 0 Å². The lowest BCUT2D eigenvalue weighted by molar-refractivity contribution is 0.0733. The molecule has 0 radical (unpaired) electrons. The Morgan fingerprint density at radius 1 is 1.39 bits per heavy atom. The van der Waals surface area contributed by atoms with Gasteiger partial charge >= 0.3 is 0 Å². The summed E-state index contributed by atoms with van der Waals surface area (Å²) in [5.74, 6) is 0.149. The lowest BCUT2D eigenvalue weighted by Crippen LogP contribution is -2.47. The maximum Gasteiger partial charge on any atom is 0.253 e. The van der Waals surface area contributed by atoms with Gasteiger partial charge in [0.25, 0.3) is 5.91 Å². The molecule has 2 rings (SSSR count). The molecule has 3 heteroatoms. The van der Waals surface area contributed by atoms with Crippen molar-refractivity contribution in [3.63, 3.8) is 0 Å². The van der Waals surface area contributed by atoms with Crippen molar-refractivity contribution < 1.29 is 4.79 Å². The SMILES string of the molecule is Cc1cccc(C(=O)N2CCCNC(C)(C)C2)c1. The highest BCUT2D eigenvalue weighted by Gasteiger charge is 2.27. The summed E-state index contributed by atoms with van der Waals surface area (Å²) in [6.07, 6.45) is 1.01. The second kappa shape index (κ2) is 5.11. The van der Waals surface area contributed by atoms with Crippen LogP contribution in [0.5, 0.6) is 0 Å². The summed E-state index contributed by atoms with van der Waals surface area (Å²) in [6, 6.07) is 7.84. The Kier molecular flexibility index (Phi) is 3.71. The van der Waals surface area contributed by atoms with E-state index in [2.05, 4.69) is 19.2 Å². The molecule has 1 N–H and O–H groups in total. The van der Waals surface area contributed by atoms with Crippen molar-refractivity contribution in [1.29, 1.82) is 0 Å². The van der Waals surface area contributed by atoms with Gasteiger partial charge in [-0.1, -0.05) is 17.7 Å². The smallest absolute Gasteiger partial charge is 0.253 e. The van der Waals surface area contributed by atoms with Crippen LogP contribution in [-0.2, 0) is 0 Å². The molecule has 0 bridgehead atoms. The van der Waals surface area contributed by atoms with Crippen LogP contribution < -0.4 is 5.32 Å². The molecule has 1 aromatic rings. The number of aryl methyl sites for hydroxylation is 1. The Morgan fingerprint density at radius 3 is 2.89 bits per heavy atom.